The number of nitrogens with one attached hydrogen (secondary N) is 2. The van der Waals surface area contributed by atoms with Gasteiger partial charge in [0.15, 0.2) is 0 Å². The van der Waals surface area contributed by atoms with E-state index in [1.54, 1.807) is 0 Å². The van der Waals surface area contributed by atoms with Crippen LogP contribution in [0.4, 0.5) is 0 Å². The molecule has 2 heteroatoms. The summed E-state index contributed by atoms with van der Waals surface area (Å²) in [6.45, 7) is 15.8. The van der Waals surface area contributed by atoms with Gasteiger partial charge in [0, 0.05) is 17.8 Å². The van der Waals surface area contributed by atoms with Gasteiger partial charge in [0.2, 0.25) is 0 Å². The smallest absolute Gasteiger partial charge is 0.0658 e. The van der Waals surface area contributed by atoms with Gasteiger partial charge >= 0.3 is 0 Å². The third-order valence-electron chi connectivity index (χ3n) is 3.29. The zero-order chi connectivity index (χ0) is 14.6. The normalized spacial score (nSPS) is 15.9. The summed E-state index contributed by atoms with van der Waals surface area (Å²) in [6, 6.07) is 0. The molecule has 106 valence electrons. The van der Waals surface area contributed by atoms with Crippen LogP contribution in [0.3, 0.4) is 0 Å². The zero-order valence-corrected chi connectivity index (χ0v) is 13.1. The average molecular weight is 260 g/mol. The van der Waals surface area contributed by atoms with Crippen LogP contribution in [0.1, 0.15) is 47.5 Å². The average Bonchev–Trinajstić information content (AvgIpc) is 2.34. The maximum atomic E-state index is 8.34. The standard InChI is InChI=1S/C17H28N2/c1-12(2)13(3)16(18)14-9-7-8-10-15(14)19-11-17(4,5)6/h7,9,12,18-19H,3,8,10-11H2,1-2,4-6H3. The molecule has 0 spiro atoms. The topological polar surface area (TPSA) is 35.9 Å². The van der Waals surface area contributed by atoms with E-state index >= 15 is 0 Å². The van der Waals surface area contributed by atoms with Crippen molar-refractivity contribution in [2.75, 3.05) is 6.54 Å². The molecule has 0 aromatic rings. The van der Waals surface area contributed by atoms with Gasteiger partial charge in [-0.1, -0.05) is 53.3 Å². The van der Waals surface area contributed by atoms with Crippen LogP contribution < -0.4 is 5.32 Å². The molecular formula is C17H28N2. The largest absolute Gasteiger partial charge is 0.387 e. The van der Waals surface area contributed by atoms with E-state index in [4.69, 9.17) is 5.41 Å². The lowest BCUT2D eigenvalue weighted by molar-refractivity contribution is 0.393. The molecule has 1 rings (SSSR count). The second kappa shape index (κ2) is 6.23. The first-order valence-corrected chi connectivity index (χ1v) is 7.14. The molecule has 0 aliphatic heterocycles. The first kappa shape index (κ1) is 15.7. The summed E-state index contributed by atoms with van der Waals surface area (Å²) in [6.07, 6.45) is 6.28. The van der Waals surface area contributed by atoms with E-state index in [-0.39, 0.29) is 5.41 Å². The highest BCUT2D eigenvalue weighted by Gasteiger charge is 2.18. The Morgan fingerprint density at radius 3 is 2.58 bits per heavy atom. The lowest BCUT2D eigenvalue weighted by Crippen LogP contribution is -2.29. The summed E-state index contributed by atoms with van der Waals surface area (Å²) < 4.78 is 0. The first-order valence-electron chi connectivity index (χ1n) is 7.14. The van der Waals surface area contributed by atoms with Crippen molar-refractivity contribution in [3.8, 4) is 0 Å². The Kier molecular flexibility index (Phi) is 5.16. The van der Waals surface area contributed by atoms with E-state index in [1.165, 1.54) is 5.70 Å². The zero-order valence-electron chi connectivity index (χ0n) is 13.1. The Morgan fingerprint density at radius 2 is 2.05 bits per heavy atom. The minimum Gasteiger partial charge on any atom is -0.387 e. The van der Waals surface area contributed by atoms with E-state index in [0.29, 0.717) is 11.6 Å². The van der Waals surface area contributed by atoms with Crippen molar-refractivity contribution in [3.63, 3.8) is 0 Å². The van der Waals surface area contributed by atoms with Gasteiger partial charge in [0.05, 0.1) is 5.71 Å². The molecular weight excluding hydrogens is 232 g/mol. The van der Waals surface area contributed by atoms with Crippen LogP contribution in [-0.4, -0.2) is 12.3 Å². The summed E-state index contributed by atoms with van der Waals surface area (Å²) in [5.74, 6) is 0.319. The predicted octanol–water partition coefficient (Wildman–Crippen LogP) is 4.46. The molecule has 19 heavy (non-hydrogen) atoms. The number of hydrogen-bond acceptors (Lipinski definition) is 2. The van der Waals surface area contributed by atoms with Crippen molar-refractivity contribution >= 4 is 5.71 Å². The van der Waals surface area contributed by atoms with E-state index in [1.807, 2.05) is 0 Å². The monoisotopic (exact) mass is 260 g/mol. The molecule has 0 amide bonds. The van der Waals surface area contributed by atoms with Crippen LogP contribution in [0.2, 0.25) is 0 Å². The molecule has 0 bridgehead atoms. The summed E-state index contributed by atoms with van der Waals surface area (Å²) in [5.41, 5.74) is 3.97. The van der Waals surface area contributed by atoms with Crippen molar-refractivity contribution in [2.45, 2.75) is 47.5 Å². The van der Waals surface area contributed by atoms with Gasteiger partial charge < -0.3 is 5.32 Å². The fraction of sp³-hybridized carbons (Fsp3) is 0.588. The van der Waals surface area contributed by atoms with Crippen LogP contribution in [-0.2, 0) is 0 Å². The van der Waals surface area contributed by atoms with Crippen LogP contribution in [0.5, 0.6) is 0 Å². The molecule has 2 nitrogen and oxygen atoms in total. The molecule has 0 aromatic carbocycles. The van der Waals surface area contributed by atoms with Crippen molar-refractivity contribution in [1.82, 2.24) is 5.32 Å². The Bertz CT molecular complexity index is 417. The van der Waals surface area contributed by atoms with Crippen molar-refractivity contribution in [3.05, 3.63) is 35.6 Å². The summed E-state index contributed by atoms with van der Waals surface area (Å²) in [4.78, 5) is 0. The molecule has 0 saturated carbocycles. The molecule has 1 aliphatic rings. The SMILES string of the molecule is C=C(C(=N)C1=C(NCC(C)(C)C)CCC=C1)C(C)C. The highest BCUT2D eigenvalue weighted by Crippen LogP contribution is 2.23. The van der Waals surface area contributed by atoms with Gasteiger partial charge in [-0.05, 0) is 29.7 Å². The van der Waals surface area contributed by atoms with Crippen LogP contribution in [0.15, 0.2) is 35.6 Å². The number of hydrogen-bond donors (Lipinski definition) is 2. The van der Waals surface area contributed by atoms with Crippen LogP contribution >= 0.6 is 0 Å². The minimum atomic E-state index is 0.247. The third-order valence-corrected chi connectivity index (χ3v) is 3.29. The summed E-state index contributed by atoms with van der Waals surface area (Å²) >= 11 is 0. The van der Waals surface area contributed by atoms with E-state index in [0.717, 1.165) is 30.5 Å². The third kappa shape index (κ3) is 4.70. The Morgan fingerprint density at radius 1 is 1.42 bits per heavy atom. The Balaban J connectivity index is 2.91. The van der Waals surface area contributed by atoms with Crippen LogP contribution in [0.25, 0.3) is 0 Å². The van der Waals surface area contributed by atoms with Crippen molar-refractivity contribution in [2.24, 2.45) is 11.3 Å². The highest BCUT2D eigenvalue weighted by molar-refractivity contribution is 6.12. The predicted molar refractivity (Wildman–Crippen MR) is 84.6 cm³/mol. The lowest BCUT2D eigenvalue weighted by Gasteiger charge is -2.25. The second-order valence-corrected chi connectivity index (χ2v) is 6.80. The molecule has 0 unspecified atom stereocenters. The van der Waals surface area contributed by atoms with Crippen molar-refractivity contribution < 1.29 is 0 Å². The first-order chi connectivity index (χ1) is 8.72. The van der Waals surface area contributed by atoms with Gasteiger partial charge in [-0.2, -0.15) is 0 Å². The highest BCUT2D eigenvalue weighted by atomic mass is 14.9. The second-order valence-electron chi connectivity index (χ2n) is 6.80. The summed E-state index contributed by atoms with van der Waals surface area (Å²) in [7, 11) is 0. The van der Waals surface area contributed by atoms with E-state index in [9.17, 15) is 0 Å². The van der Waals surface area contributed by atoms with Gasteiger partial charge in [-0.25, -0.2) is 0 Å². The molecule has 0 atom stereocenters. The Hall–Kier alpha value is -1.31. The molecule has 2 N–H and O–H groups in total. The van der Waals surface area contributed by atoms with Gasteiger partial charge in [0.1, 0.15) is 0 Å². The van der Waals surface area contributed by atoms with Gasteiger partial charge in [-0.15, -0.1) is 0 Å². The molecule has 0 fully saturated rings. The van der Waals surface area contributed by atoms with E-state index in [2.05, 4.69) is 58.7 Å². The fourth-order valence-corrected chi connectivity index (χ4v) is 1.92. The maximum absolute atomic E-state index is 8.34. The minimum absolute atomic E-state index is 0.247. The van der Waals surface area contributed by atoms with Crippen LogP contribution in [0, 0.1) is 16.7 Å². The number of rotatable bonds is 5. The lowest BCUT2D eigenvalue weighted by atomic mass is 9.90. The quantitative estimate of drug-likeness (QED) is 0.703. The molecule has 0 saturated heterocycles. The maximum Gasteiger partial charge on any atom is 0.0658 e. The number of allylic oxidation sites excluding steroid dienone is 5. The fourth-order valence-electron chi connectivity index (χ4n) is 1.92. The summed E-state index contributed by atoms with van der Waals surface area (Å²) in [5, 5.41) is 11.9. The van der Waals surface area contributed by atoms with Gasteiger partial charge in [-0.3, -0.25) is 5.41 Å². The molecule has 0 aromatic heterocycles. The Labute approximate surface area is 118 Å². The van der Waals surface area contributed by atoms with Crippen molar-refractivity contribution in [1.29, 1.82) is 5.41 Å². The van der Waals surface area contributed by atoms with Gasteiger partial charge in [0.25, 0.3) is 0 Å². The molecule has 1 aliphatic carbocycles. The van der Waals surface area contributed by atoms with E-state index < -0.39 is 0 Å². The molecule has 0 heterocycles. The molecule has 0 radical (unpaired) electrons.